The molecule has 1 rings (SSSR count). The molecule has 0 aliphatic heterocycles. The van der Waals surface area contributed by atoms with Crippen molar-refractivity contribution in [3.05, 3.63) is 27.8 Å². The molecule has 22 heavy (non-hydrogen) atoms. The summed E-state index contributed by atoms with van der Waals surface area (Å²) in [7, 11) is 1.08. The van der Waals surface area contributed by atoms with Gasteiger partial charge in [0.05, 0.1) is 18.6 Å². The average molecular weight is 320 g/mol. The van der Waals surface area contributed by atoms with Crippen molar-refractivity contribution in [3.8, 4) is 11.5 Å². The van der Waals surface area contributed by atoms with E-state index in [1.54, 1.807) is 0 Å². The molecule has 0 aromatic heterocycles. The van der Waals surface area contributed by atoms with E-state index in [2.05, 4.69) is 9.47 Å². The van der Waals surface area contributed by atoms with Gasteiger partial charge < -0.3 is 20.3 Å². The number of aromatic hydroxyl groups is 1. The van der Waals surface area contributed by atoms with Crippen LogP contribution in [0.15, 0.2) is 12.1 Å². The van der Waals surface area contributed by atoms with Crippen LogP contribution < -0.4 is 10.5 Å². The highest BCUT2D eigenvalue weighted by molar-refractivity contribution is 5.79. The van der Waals surface area contributed by atoms with Crippen molar-refractivity contribution in [2.24, 2.45) is 5.73 Å². The lowest BCUT2D eigenvalue weighted by Crippen LogP contribution is -2.41. The number of hydrogen-bond donors (Lipinski definition) is 2. The van der Waals surface area contributed by atoms with E-state index < -0.39 is 45.6 Å². The molecular weight excluding hydrogens is 306 g/mol. The maximum atomic E-state index is 13.9. The van der Waals surface area contributed by atoms with Crippen molar-refractivity contribution in [1.29, 1.82) is 0 Å². The van der Waals surface area contributed by atoms with Gasteiger partial charge >= 0.3 is 17.6 Å². The first-order chi connectivity index (χ1) is 10.2. The molecule has 0 aliphatic carbocycles. The molecule has 0 fully saturated rings. The number of phenols is 1. The van der Waals surface area contributed by atoms with Gasteiger partial charge in [0.25, 0.3) is 0 Å². The van der Waals surface area contributed by atoms with Gasteiger partial charge in [-0.25, -0.2) is 4.79 Å². The molecule has 10 heteroatoms. The fraction of sp³-hybridized carbons (Fsp3) is 0.417. The van der Waals surface area contributed by atoms with Crippen LogP contribution in [-0.2, 0) is 9.53 Å². The summed E-state index contributed by atoms with van der Waals surface area (Å²) in [6, 6.07) is -0.671. The summed E-state index contributed by atoms with van der Waals surface area (Å²) in [6.07, 6.45) is 0. The van der Waals surface area contributed by atoms with Gasteiger partial charge in [0.1, 0.15) is 6.04 Å². The number of carbonyl (C=O) groups excluding carboxylic acids is 1. The minimum Gasteiger partial charge on any atom is -0.500 e. The summed E-state index contributed by atoms with van der Waals surface area (Å²) in [5.74, 6) is -7.20. The van der Waals surface area contributed by atoms with Crippen LogP contribution in [0.3, 0.4) is 0 Å². The van der Waals surface area contributed by atoms with E-state index >= 15 is 0 Å². The van der Waals surface area contributed by atoms with E-state index in [9.17, 15) is 28.8 Å². The number of rotatable bonds is 6. The maximum Gasteiger partial charge on any atom is 0.379 e. The summed E-state index contributed by atoms with van der Waals surface area (Å²) in [4.78, 5) is 21.1. The number of carbonyl (C=O) groups is 1. The third kappa shape index (κ3) is 3.22. The van der Waals surface area contributed by atoms with E-state index in [-0.39, 0.29) is 6.61 Å². The highest BCUT2D eigenvalue weighted by Crippen LogP contribution is 2.41. The number of esters is 1. The number of nitro groups is 1. The molecule has 3 N–H and O–H groups in total. The lowest BCUT2D eigenvalue weighted by molar-refractivity contribution is -0.386. The van der Waals surface area contributed by atoms with Gasteiger partial charge in [-0.2, -0.15) is 8.78 Å². The molecular formula is C12H14F2N2O6. The van der Waals surface area contributed by atoms with Crippen LogP contribution in [0.1, 0.15) is 18.5 Å². The molecule has 0 heterocycles. The Kier molecular flexibility index (Phi) is 5.20. The van der Waals surface area contributed by atoms with Crippen LogP contribution in [0.2, 0.25) is 0 Å². The lowest BCUT2D eigenvalue weighted by Gasteiger charge is -2.22. The SMILES string of the molecule is CCOC(=O)C(F)(F)[C@@H](N)c1cc(OC)c(O)c([N+](=O)[O-])c1. The lowest BCUT2D eigenvalue weighted by atomic mass is 10.00. The summed E-state index contributed by atoms with van der Waals surface area (Å²) in [5.41, 5.74) is 4.01. The van der Waals surface area contributed by atoms with Crippen LogP contribution in [-0.4, -0.2) is 35.6 Å². The Morgan fingerprint density at radius 2 is 2.14 bits per heavy atom. The standard InChI is InChI=1S/C12H14F2N2O6/c1-3-22-11(18)12(13,14)10(15)6-4-7(16(19)20)9(17)8(5-6)21-2/h4-5,10,17H,3,15H2,1-2H3/t10-/m0/s1. The Morgan fingerprint density at radius 3 is 2.59 bits per heavy atom. The zero-order chi connectivity index (χ0) is 17.1. The first-order valence-corrected chi connectivity index (χ1v) is 6.02. The Labute approximate surface area is 123 Å². The number of alkyl halides is 2. The van der Waals surface area contributed by atoms with Crippen molar-refractivity contribution in [3.63, 3.8) is 0 Å². The zero-order valence-electron chi connectivity index (χ0n) is 11.7. The third-order valence-corrected chi connectivity index (χ3v) is 2.79. The second-order valence-electron chi connectivity index (χ2n) is 4.17. The second-order valence-corrected chi connectivity index (χ2v) is 4.17. The van der Waals surface area contributed by atoms with Gasteiger partial charge in [-0.3, -0.25) is 10.1 Å². The van der Waals surface area contributed by atoms with Crippen LogP contribution in [0.4, 0.5) is 14.5 Å². The second kappa shape index (κ2) is 6.52. The fourth-order valence-corrected chi connectivity index (χ4v) is 1.65. The van der Waals surface area contributed by atoms with E-state index in [4.69, 9.17) is 5.73 Å². The topological polar surface area (TPSA) is 125 Å². The summed E-state index contributed by atoms with van der Waals surface area (Å²) >= 11 is 0. The molecule has 1 atom stereocenters. The Hall–Kier alpha value is -2.49. The van der Waals surface area contributed by atoms with Gasteiger partial charge in [-0.05, 0) is 18.6 Å². The zero-order valence-corrected chi connectivity index (χ0v) is 11.7. The molecule has 122 valence electrons. The first-order valence-electron chi connectivity index (χ1n) is 6.02. The quantitative estimate of drug-likeness (QED) is 0.462. The molecule has 8 nitrogen and oxygen atoms in total. The number of nitrogens with zero attached hydrogens (tertiary/aromatic N) is 1. The number of hydrogen-bond acceptors (Lipinski definition) is 7. The summed E-state index contributed by atoms with van der Waals surface area (Å²) < 4.78 is 36.7. The molecule has 0 amide bonds. The van der Waals surface area contributed by atoms with E-state index in [1.807, 2.05) is 0 Å². The van der Waals surface area contributed by atoms with Crippen LogP contribution >= 0.6 is 0 Å². The predicted octanol–water partition coefficient (Wildman–Crippen LogP) is 1.51. The van der Waals surface area contributed by atoms with Crippen LogP contribution in [0.25, 0.3) is 0 Å². The van der Waals surface area contributed by atoms with Gasteiger partial charge in [0.2, 0.25) is 5.75 Å². The van der Waals surface area contributed by atoms with Crippen molar-refractivity contribution in [2.45, 2.75) is 18.9 Å². The Bertz CT molecular complexity index is 593. The van der Waals surface area contributed by atoms with E-state index in [0.717, 1.165) is 13.2 Å². The first kappa shape index (κ1) is 17.6. The molecule has 0 radical (unpaired) electrons. The van der Waals surface area contributed by atoms with Crippen molar-refractivity contribution in [2.75, 3.05) is 13.7 Å². The van der Waals surface area contributed by atoms with Crippen molar-refractivity contribution in [1.82, 2.24) is 0 Å². The van der Waals surface area contributed by atoms with Gasteiger partial charge in [-0.15, -0.1) is 0 Å². The monoisotopic (exact) mass is 320 g/mol. The van der Waals surface area contributed by atoms with E-state index in [1.165, 1.54) is 6.92 Å². The molecule has 1 aromatic rings. The van der Waals surface area contributed by atoms with Crippen molar-refractivity contribution >= 4 is 11.7 Å². The number of nitrogens with two attached hydrogens (primary N) is 1. The van der Waals surface area contributed by atoms with E-state index in [0.29, 0.717) is 6.07 Å². The molecule has 1 aromatic carbocycles. The highest BCUT2D eigenvalue weighted by atomic mass is 19.3. The third-order valence-electron chi connectivity index (χ3n) is 2.79. The summed E-state index contributed by atoms with van der Waals surface area (Å²) in [5, 5.41) is 20.4. The molecule has 0 spiro atoms. The minimum atomic E-state index is -4.11. The van der Waals surface area contributed by atoms with Gasteiger partial charge in [0.15, 0.2) is 5.75 Å². The smallest absolute Gasteiger partial charge is 0.379 e. The number of methoxy groups -OCH3 is 1. The fourth-order valence-electron chi connectivity index (χ4n) is 1.65. The predicted molar refractivity (Wildman–Crippen MR) is 69.8 cm³/mol. The molecule has 0 aliphatic rings. The minimum absolute atomic E-state index is 0.278. The van der Waals surface area contributed by atoms with Crippen LogP contribution in [0.5, 0.6) is 11.5 Å². The van der Waals surface area contributed by atoms with Gasteiger partial charge in [0, 0.05) is 6.07 Å². The largest absolute Gasteiger partial charge is 0.500 e. The van der Waals surface area contributed by atoms with Crippen molar-refractivity contribution < 1.29 is 33.1 Å². The van der Waals surface area contributed by atoms with Crippen LogP contribution in [0, 0.1) is 10.1 Å². The molecule has 0 bridgehead atoms. The number of benzene rings is 1. The molecule has 0 unspecified atom stereocenters. The average Bonchev–Trinajstić information content (AvgIpc) is 2.46. The normalized spacial score (nSPS) is 12.6. The number of halogens is 2. The van der Waals surface area contributed by atoms with Gasteiger partial charge in [-0.1, -0.05) is 0 Å². The Balaban J connectivity index is 3.34. The summed E-state index contributed by atoms with van der Waals surface area (Å²) in [6.45, 7) is 1.06. The molecule has 0 saturated heterocycles. The number of nitro benzene ring substituents is 1. The Morgan fingerprint density at radius 1 is 1.55 bits per heavy atom. The number of phenolic OH excluding ortho intramolecular Hbond substituents is 1. The number of ether oxygens (including phenoxy) is 2. The maximum absolute atomic E-state index is 13.9. The highest BCUT2D eigenvalue weighted by Gasteiger charge is 2.48. The molecule has 0 saturated carbocycles.